The number of phosphoric ester groups is 2. The number of esters is 4. The van der Waals surface area contributed by atoms with E-state index in [9.17, 15) is 43.2 Å². The van der Waals surface area contributed by atoms with E-state index in [-0.39, 0.29) is 25.7 Å². The molecule has 6 atom stereocenters. The molecule has 0 amide bonds. The Labute approximate surface area is 638 Å². The minimum absolute atomic E-state index is 0.108. The van der Waals surface area contributed by atoms with Gasteiger partial charge >= 0.3 is 39.5 Å². The van der Waals surface area contributed by atoms with Crippen LogP contribution in [0.4, 0.5) is 0 Å². The number of carbonyl (C=O) groups is 4. The zero-order chi connectivity index (χ0) is 76.2. The highest BCUT2D eigenvalue weighted by Gasteiger charge is 2.30. The van der Waals surface area contributed by atoms with E-state index in [1.165, 1.54) is 283 Å². The predicted molar refractivity (Wildman–Crippen MR) is 428 cm³/mol. The molecule has 0 aliphatic carbocycles. The molecule has 0 aromatic heterocycles. The van der Waals surface area contributed by atoms with Crippen molar-refractivity contribution in [2.45, 2.75) is 477 Å². The Morgan fingerprint density at radius 1 is 0.269 bits per heavy atom. The van der Waals surface area contributed by atoms with Gasteiger partial charge in [0.2, 0.25) is 0 Å². The summed E-state index contributed by atoms with van der Waals surface area (Å²) in [5.41, 5.74) is 0. The van der Waals surface area contributed by atoms with Crippen LogP contribution >= 0.6 is 15.6 Å². The fraction of sp³-hybridized carbons (Fsp3) is 0.953. The fourth-order valence-electron chi connectivity index (χ4n) is 13.3. The lowest BCUT2D eigenvalue weighted by Gasteiger charge is -2.21. The van der Waals surface area contributed by atoms with Gasteiger partial charge in [-0.3, -0.25) is 37.3 Å². The van der Waals surface area contributed by atoms with Crippen molar-refractivity contribution >= 4 is 39.5 Å². The lowest BCUT2D eigenvalue weighted by atomic mass is 9.99. The van der Waals surface area contributed by atoms with Crippen molar-refractivity contribution in [3.8, 4) is 0 Å². The molecule has 618 valence electrons. The topological polar surface area (TPSA) is 237 Å². The Morgan fingerprint density at radius 2 is 0.462 bits per heavy atom. The molecule has 3 N–H and O–H groups in total. The Bertz CT molecular complexity index is 1980. The van der Waals surface area contributed by atoms with Gasteiger partial charge in [0, 0.05) is 25.7 Å². The molecule has 104 heavy (non-hydrogen) atoms. The zero-order valence-electron chi connectivity index (χ0n) is 68.2. The van der Waals surface area contributed by atoms with Gasteiger partial charge in [0.15, 0.2) is 12.2 Å². The highest BCUT2D eigenvalue weighted by molar-refractivity contribution is 7.47. The molecule has 0 bridgehead atoms. The number of phosphoric acid groups is 2. The van der Waals surface area contributed by atoms with E-state index in [0.29, 0.717) is 25.7 Å². The number of aliphatic hydroxyl groups excluding tert-OH is 1. The first-order valence-electron chi connectivity index (χ1n) is 44.2. The van der Waals surface area contributed by atoms with Crippen LogP contribution in [-0.2, 0) is 65.4 Å². The lowest BCUT2D eigenvalue weighted by Crippen LogP contribution is -2.30. The van der Waals surface area contributed by atoms with Crippen molar-refractivity contribution in [1.82, 2.24) is 0 Å². The molecule has 0 saturated heterocycles. The summed E-state index contributed by atoms with van der Waals surface area (Å²) in [6, 6.07) is 0. The largest absolute Gasteiger partial charge is 0.472 e. The van der Waals surface area contributed by atoms with E-state index in [0.717, 1.165) is 95.8 Å². The maximum Gasteiger partial charge on any atom is 0.472 e. The number of hydrogen-bond acceptors (Lipinski definition) is 15. The molecule has 0 aromatic rings. The smallest absolute Gasteiger partial charge is 0.462 e. The number of aliphatic hydroxyl groups is 1. The predicted octanol–water partition coefficient (Wildman–Crippen LogP) is 26.0. The van der Waals surface area contributed by atoms with E-state index in [1.54, 1.807) is 0 Å². The first kappa shape index (κ1) is 102. The van der Waals surface area contributed by atoms with Gasteiger partial charge in [-0.05, 0) is 31.6 Å². The van der Waals surface area contributed by atoms with Crippen LogP contribution in [0.2, 0.25) is 0 Å². The summed E-state index contributed by atoms with van der Waals surface area (Å²) in [4.78, 5) is 73.2. The van der Waals surface area contributed by atoms with Crippen molar-refractivity contribution in [1.29, 1.82) is 0 Å². The number of hydrogen-bond donors (Lipinski definition) is 3. The normalized spacial score (nSPS) is 14.0. The third kappa shape index (κ3) is 76.8. The van der Waals surface area contributed by atoms with Gasteiger partial charge in [0.05, 0.1) is 26.4 Å². The van der Waals surface area contributed by atoms with Crippen molar-refractivity contribution in [2.24, 2.45) is 5.92 Å². The fourth-order valence-corrected chi connectivity index (χ4v) is 14.8. The van der Waals surface area contributed by atoms with Crippen molar-refractivity contribution in [3.05, 3.63) is 0 Å². The maximum atomic E-state index is 13.1. The Hall–Kier alpha value is -1.94. The monoisotopic (exact) mass is 1520 g/mol. The summed E-state index contributed by atoms with van der Waals surface area (Å²) in [5.74, 6) is -1.32. The highest BCUT2D eigenvalue weighted by Crippen LogP contribution is 2.45. The molecule has 0 aromatic carbocycles. The molecule has 0 aliphatic rings. The molecule has 0 rings (SSSR count). The Morgan fingerprint density at radius 3 is 0.683 bits per heavy atom. The maximum absolute atomic E-state index is 13.1. The molecule has 19 heteroatoms. The van der Waals surface area contributed by atoms with Crippen LogP contribution < -0.4 is 0 Å². The molecular weight excluding hydrogens is 1350 g/mol. The Balaban J connectivity index is 5.24. The molecule has 0 saturated carbocycles. The van der Waals surface area contributed by atoms with E-state index in [1.807, 2.05) is 0 Å². The third-order valence-corrected chi connectivity index (χ3v) is 22.3. The van der Waals surface area contributed by atoms with Gasteiger partial charge < -0.3 is 33.8 Å². The van der Waals surface area contributed by atoms with Crippen LogP contribution in [0.1, 0.15) is 458 Å². The summed E-state index contributed by atoms with van der Waals surface area (Å²) in [6.45, 7) is 7.36. The SMILES string of the molecule is CCCCCCCCCCCCCCCCCCCCCCCC(=O)O[C@H](COC(=O)CCCCCCCCCCCCCCCCCCCC)COP(=O)(O)OC[C@@H](O)COP(=O)(O)OC[C@@H](COC(=O)CCCCCCCCCCC(C)CC)OC(=O)CCCCCCCCCCCCCCC. The Kier molecular flexibility index (Phi) is 76.3. The quantitative estimate of drug-likeness (QED) is 0.0222. The van der Waals surface area contributed by atoms with Crippen LogP contribution in [0, 0.1) is 5.92 Å². The van der Waals surface area contributed by atoms with E-state index < -0.39 is 97.5 Å². The molecule has 0 heterocycles. The summed E-state index contributed by atoms with van der Waals surface area (Å²) < 4.78 is 68.9. The van der Waals surface area contributed by atoms with Crippen LogP contribution in [0.15, 0.2) is 0 Å². The van der Waals surface area contributed by atoms with Gasteiger partial charge in [0.25, 0.3) is 0 Å². The third-order valence-electron chi connectivity index (χ3n) is 20.4. The van der Waals surface area contributed by atoms with Crippen molar-refractivity contribution in [3.63, 3.8) is 0 Å². The first-order valence-corrected chi connectivity index (χ1v) is 47.2. The second-order valence-electron chi connectivity index (χ2n) is 30.8. The van der Waals surface area contributed by atoms with Crippen LogP contribution in [-0.4, -0.2) is 96.7 Å². The van der Waals surface area contributed by atoms with Crippen LogP contribution in [0.5, 0.6) is 0 Å². The summed E-state index contributed by atoms with van der Waals surface area (Å²) in [7, 11) is -9.93. The summed E-state index contributed by atoms with van der Waals surface area (Å²) >= 11 is 0. The molecule has 0 spiro atoms. The highest BCUT2D eigenvalue weighted by atomic mass is 31.2. The first-order chi connectivity index (χ1) is 50.6. The van der Waals surface area contributed by atoms with E-state index in [2.05, 4.69) is 34.6 Å². The standard InChI is InChI=1S/C85H166O17P2/c1-6-10-13-16-19-22-25-28-30-32-34-35-36-38-40-43-46-49-56-61-66-71-85(90)101-80(74-95-82(87)68-63-58-53-47-44-42-39-37-33-31-29-26-23-20-17-14-11-7-2)76-99-103(91,92)97-72-79(86)73-98-104(93,94)100-77-81(75-96-83(88)69-64-59-54-51-50-52-57-62-67-78(5)9-4)102-84(89)70-65-60-55-48-45-41-27-24-21-18-15-12-8-3/h78-81,86H,6-77H2,1-5H3,(H,91,92)(H,93,94)/t78?,79-,80-,81-/m1/s1. The zero-order valence-corrected chi connectivity index (χ0v) is 70.0. The van der Waals surface area contributed by atoms with Gasteiger partial charge in [-0.1, -0.05) is 407 Å². The van der Waals surface area contributed by atoms with Gasteiger partial charge in [-0.25, -0.2) is 9.13 Å². The average Bonchev–Trinajstić information content (AvgIpc) is 0.910. The van der Waals surface area contributed by atoms with Gasteiger partial charge in [-0.15, -0.1) is 0 Å². The molecule has 0 fully saturated rings. The average molecular weight is 1520 g/mol. The number of rotatable bonds is 85. The number of ether oxygens (including phenoxy) is 4. The summed E-state index contributed by atoms with van der Waals surface area (Å²) in [6.07, 6.45) is 70.8. The van der Waals surface area contributed by atoms with Crippen LogP contribution in [0.25, 0.3) is 0 Å². The molecule has 3 unspecified atom stereocenters. The number of carbonyl (C=O) groups excluding carboxylic acids is 4. The molecule has 17 nitrogen and oxygen atoms in total. The van der Waals surface area contributed by atoms with Crippen molar-refractivity contribution < 1.29 is 80.2 Å². The van der Waals surface area contributed by atoms with Gasteiger partial charge in [-0.2, -0.15) is 0 Å². The molecular formula is C85H166O17P2. The second-order valence-corrected chi connectivity index (χ2v) is 33.7. The van der Waals surface area contributed by atoms with Gasteiger partial charge in [0.1, 0.15) is 19.3 Å². The number of unbranched alkanes of at least 4 members (excludes halogenated alkanes) is 56. The molecule has 0 radical (unpaired) electrons. The molecule has 0 aliphatic heterocycles. The summed E-state index contributed by atoms with van der Waals surface area (Å²) in [5, 5.41) is 10.7. The van der Waals surface area contributed by atoms with Crippen LogP contribution in [0.3, 0.4) is 0 Å². The van der Waals surface area contributed by atoms with Crippen molar-refractivity contribution in [2.75, 3.05) is 39.6 Å². The minimum atomic E-state index is -4.96. The minimum Gasteiger partial charge on any atom is -0.462 e. The van der Waals surface area contributed by atoms with E-state index >= 15 is 0 Å². The lowest BCUT2D eigenvalue weighted by molar-refractivity contribution is -0.161. The van der Waals surface area contributed by atoms with E-state index in [4.69, 9.17) is 37.0 Å². The second kappa shape index (κ2) is 77.8.